The van der Waals surface area contributed by atoms with Gasteiger partial charge in [-0.1, -0.05) is 18.2 Å². The van der Waals surface area contributed by atoms with Gasteiger partial charge in [0.25, 0.3) is 0 Å². The van der Waals surface area contributed by atoms with E-state index in [0.29, 0.717) is 18.5 Å². The van der Waals surface area contributed by atoms with E-state index in [1.807, 2.05) is 32.0 Å². The lowest BCUT2D eigenvalue weighted by atomic mass is 10.1. The molecule has 2 aromatic carbocycles. The number of amides is 1. The average molecular weight is 376 g/mol. The first kappa shape index (κ1) is 18.5. The Morgan fingerprint density at radius 2 is 1.73 bits per heavy atom. The second kappa shape index (κ2) is 7.17. The van der Waals surface area contributed by atoms with Crippen LogP contribution in [0.3, 0.4) is 0 Å². The fourth-order valence-corrected chi connectivity index (χ4v) is 4.91. The standard InChI is InChI=1S/C19H21FN2O3S/c1-13-5-3-6-14(2)18(13)21-19(23)17-7-4-12-22(17)26(24,25)16-10-8-15(20)9-11-16/h3,5-6,8-11,17H,4,7,12H2,1-2H3,(H,21,23)/t17-/m0/s1. The van der Waals surface area contributed by atoms with Gasteiger partial charge in [-0.3, -0.25) is 4.79 Å². The molecular weight excluding hydrogens is 355 g/mol. The highest BCUT2D eigenvalue weighted by molar-refractivity contribution is 7.89. The summed E-state index contributed by atoms with van der Waals surface area (Å²) in [6.07, 6.45) is 1.06. The summed E-state index contributed by atoms with van der Waals surface area (Å²) in [5.74, 6) is -0.847. The van der Waals surface area contributed by atoms with Crippen LogP contribution in [0.5, 0.6) is 0 Å². The van der Waals surface area contributed by atoms with E-state index in [-0.39, 0.29) is 17.3 Å². The van der Waals surface area contributed by atoms with E-state index in [4.69, 9.17) is 0 Å². The quantitative estimate of drug-likeness (QED) is 0.891. The van der Waals surface area contributed by atoms with Crippen molar-refractivity contribution < 1.29 is 17.6 Å². The summed E-state index contributed by atoms with van der Waals surface area (Å²) >= 11 is 0. The van der Waals surface area contributed by atoms with E-state index in [9.17, 15) is 17.6 Å². The summed E-state index contributed by atoms with van der Waals surface area (Å²) in [5, 5.41) is 2.88. The topological polar surface area (TPSA) is 66.5 Å². The maximum Gasteiger partial charge on any atom is 0.243 e. The molecule has 0 aliphatic carbocycles. The Balaban J connectivity index is 1.86. The molecule has 0 saturated carbocycles. The number of hydrogen-bond acceptors (Lipinski definition) is 3. The Hall–Kier alpha value is -2.25. The van der Waals surface area contributed by atoms with Crippen molar-refractivity contribution in [2.45, 2.75) is 37.6 Å². The van der Waals surface area contributed by atoms with E-state index in [1.54, 1.807) is 0 Å². The summed E-state index contributed by atoms with van der Waals surface area (Å²) in [5.41, 5.74) is 2.55. The maximum absolute atomic E-state index is 13.1. The number of hydrogen-bond donors (Lipinski definition) is 1. The molecule has 1 amide bonds. The minimum Gasteiger partial charge on any atom is -0.324 e. The Labute approximate surface area is 152 Å². The Kier molecular flexibility index (Phi) is 5.11. The van der Waals surface area contributed by atoms with E-state index in [2.05, 4.69) is 5.32 Å². The van der Waals surface area contributed by atoms with Crippen LogP contribution in [0.2, 0.25) is 0 Å². The van der Waals surface area contributed by atoms with Crippen LogP contribution < -0.4 is 5.32 Å². The summed E-state index contributed by atoms with van der Waals surface area (Å²) < 4.78 is 40.1. The van der Waals surface area contributed by atoms with Crippen molar-refractivity contribution in [2.75, 3.05) is 11.9 Å². The van der Waals surface area contributed by atoms with Crippen LogP contribution in [0.25, 0.3) is 0 Å². The first-order valence-corrected chi connectivity index (χ1v) is 9.89. The molecule has 1 N–H and O–H groups in total. The van der Waals surface area contributed by atoms with Gasteiger partial charge in [-0.25, -0.2) is 12.8 Å². The van der Waals surface area contributed by atoms with Gasteiger partial charge >= 0.3 is 0 Å². The molecule has 1 heterocycles. The van der Waals surface area contributed by atoms with Gasteiger partial charge in [0.15, 0.2) is 0 Å². The lowest BCUT2D eigenvalue weighted by Crippen LogP contribution is -2.43. The number of rotatable bonds is 4. The van der Waals surface area contributed by atoms with Gasteiger partial charge in [0, 0.05) is 12.2 Å². The largest absolute Gasteiger partial charge is 0.324 e. The number of aryl methyl sites for hydroxylation is 2. The highest BCUT2D eigenvalue weighted by atomic mass is 32.2. The molecule has 3 rings (SSSR count). The van der Waals surface area contributed by atoms with Crippen LogP contribution in [-0.2, 0) is 14.8 Å². The smallest absolute Gasteiger partial charge is 0.243 e. The molecule has 138 valence electrons. The zero-order chi connectivity index (χ0) is 18.9. The van der Waals surface area contributed by atoms with Crippen molar-refractivity contribution in [1.29, 1.82) is 0 Å². The van der Waals surface area contributed by atoms with Crippen molar-refractivity contribution in [3.05, 3.63) is 59.4 Å². The zero-order valence-electron chi connectivity index (χ0n) is 14.7. The number of carbonyl (C=O) groups is 1. The van der Waals surface area contributed by atoms with Gasteiger partial charge in [0.2, 0.25) is 15.9 Å². The van der Waals surface area contributed by atoms with Gasteiger partial charge in [-0.2, -0.15) is 4.31 Å². The van der Waals surface area contributed by atoms with Crippen molar-refractivity contribution in [3.8, 4) is 0 Å². The third-order valence-corrected chi connectivity index (χ3v) is 6.58. The molecule has 0 aromatic heterocycles. The predicted molar refractivity (Wildman–Crippen MR) is 97.9 cm³/mol. The Bertz CT molecular complexity index is 906. The minimum atomic E-state index is -3.86. The number of benzene rings is 2. The molecule has 0 radical (unpaired) electrons. The van der Waals surface area contributed by atoms with Crippen LogP contribution in [0.15, 0.2) is 47.4 Å². The first-order valence-electron chi connectivity index (χ1n) is 8.45. The monoisotopic (exact) mass is 376 g/mol. The van der Waals surface area contributed by atoms with E-state index in [1.165, 1.54) is 16.4 Å². The van der Waals surface area contributed by atoms with Crippen molar-refractivity contribution in [2.24, 2.45) is 0 Å². The number of halogens is 1. The second-order valence-electron chi connectivity index (χ2n) is 6.48. The summed E-state index contributed by atoms with van der Waals surface area (Å²) in [6, 6.07) is 9.58. The molecule has 5 nitrogen and oxygen atoms in total. The molecule has 1 fully saturated rings. The fraction of sp³-hybridized carbons (Fsp3) is 0.316. The SMILES string of the molecule is Cc1cccc(C)c1NC(=O)[C@@H]1CCCN1S(=O)(=O)c1ccc(F)cc1. The van der Waals surface area contributed by atoms with E-state index >= 15 is 0 Å². The lowest BCUT2D eigenvalue weighted by molar-refractivity contribution is -0.119. The molecule has 1 saturated heterocycles. The molecule has 2 aromatic rings. The first-order chi connectivity index (χ1) is 12.3. The molecule has 0 spiro atoms. The van der Waals surface area contributed by atoms with E-state index < -0.39 is 21.9 Å². The van der Waals surface area contributed by atoms with Crippen molar-refractivity contribution in [1.82, 2.24) is 4.31 Å². The maximum atomic E-state index is 13.1. The minimum absolute atomic E-state index is 0.00864. The van der Waals surface area contributed by atoms with Crippen molar-refractivity contribution in [3.63, 3.8) is 0 Å². The molecule has 0 unspecified atom stereocenters. The lowest BCUT2D eigenvalue weighted by Gasteiger charge is -2.24. The van der Waals surface area contributed by atoms with Gasteiger partial charge < -0.3 is 5.32 Å². The summed E-state index contributed by atoms with van der Waals surface area (Å²) in [7, 11) is -3.86. The van der Waals surface area contributed by atoms with Crippen LogP contribution in [0.4, 0.5) is 10.1 Å². The second-order valence-corrected chi connectivity index (χ2v) is 8.37. The number of carbonyl (C=O) groups excluding carboxylic acids is 1. The highest BCUT2D eigenvalue weighted by Gasteiger charge is 2.39. The van der Waals surface area contributed by atoms with Gasteiger partial charge in [0.05, 0.1) is 4.90 Å². The zero-order valence-corrected chi connectivity index (χ0v) is 15.5. The van der Waals surface area contributed by atoms with E-state index in [0.717, 1.165) is 23.3 Å². The average Bonchev–Trinajstić information content (AvgIpc) is 3.09. The van der Waals surface area contributed by atoms with Gasteiger partial charge in [0.1, 0.15) is 11.9 Å². The third kappa shape index (κ3) is 3.50. The fourth-order valence-electron chi connectivity index (χ4n) is 3.25. The van der Waals surface area contributed by atoms with Crippen molar-refractivity contribution >= 4 is 21.6 Å². The van der Waals surface area contributed by atoms with Crippen LogP contribution in [0.1, 0.15) is 24.0 Å². The molecule has 1 atom stereocenters. The number of sulfonamides is 1. The highest BCUT2D eigenvalue weighted by Crippen LogP contribution is 2.28. The number of nitrogens with one attached hydrogen (secondary N) is 1. The molecular formula is C19H21FN2O3S. The predicted octanol–water partition coefficient (Wildman–Crippen LogP) is 3.23. The summed E-state index contributed by atoms with van der Waals surface area (Å²) in [6.45, 7) is 4.05. The molecule has 1 aliphatic rings. The number of nitrogens with zero attached hydrogens (tertiary/aromatic N) is 1. The Morgan fingerprint density at radius 3 is 2.35 bits per heavy atom. The number of para-hydroxylation sites is 1. The van der Waals surface area contributed by atoms with Crippen LogP contribution in [-0.4, -0.2) is 31.2 Å². The van der Waals surface area contributed by atoms with Gasteiger partial charge in [-0.05, 0) is 62.1 Å². The number of anilines is 1. The van der Waals surface area contributed by atoms with Crippen LogP contribution >= 0.6 is 0 Å². The normalized spacial score (nSPS) is 18.0. The molecule has 26 heavy (non-hydrogen) atoms. The molecule has 0 bridgehead atoms. The Morgan fingerprint density at radius 1 is 1.12 bits per heavy atom. The van der Waals surface area contributed by atoms with Crippen LogP contribution in [0, 0.1) is 19.7 Å². The third-order valence-electron chi connectivity index (χ3n) is 4.66. The molecule has 1 aliphatic heterocycles. The van der Waals surface area contributed by atoms with Gasteiger partial charge in [-0.15, -0.1) is 0 Å². The summed E-state index contributed by atoms with van der Waals surface area (Å²) in [4.78, 5) is 12.8. The molecule has 7 heteroatoms.